The van der Waals surface area contributed by atoms with Gasteiger partial charge in [0.15, 0.2) is 0 Å². The van der Waals surface area contributed by atoms with Gasteiger partial charge in [0.2, 0.25) is 0 Å². The number of rotatable bonds is 7. The zero-order valence-corrected chi connectivity index (χ0v) is 17.8. The lowest BCUT2D eigenvalue weighted by molar-refractivity contribution is 0.0444. The Morgan fingerprint density at radius 3 is 2.35 bits per heavy atom. The van der Waals surface area contributed by atoms with Gasteiger partial charge in [0.05, 0.1) is 4.47 Å². The van der Waals surface area contributed by atoms with Crippen LogP contribution in [0.5, 0.6) is 5.75 Å². The molecule has 0 unspecified atom stereocenters. The van der Waals surface area contributed by atoms with Crippen molar-refractivity contribution < 1.29 is 9.84 Å². The molecule has 0 radical (unpaired) electrons. The number of β-amino-alcohol motifs (C(OH)–C–C–N with tert-alkyl or cyclic N) is 1. The Bertz CT molecular complexity index is 691. The third-order valence-corrected chi connectivity index (χ3v) is 5.62. The van der Waals surface area contributed by atoms with Crippen molar-refractivity contribution in [1.82, 2.24) is 9.80 Å². The van der Waals surface area contributed by atoms with Crippen molar-refractivity contribution in [2.45, 2.75) is 12.6 Å². The SMILES string of the molecule is O[C@H](COc1ccc(Br)cc1Br)CN1CCN(Cc2ccccc2)CC1. The van der Waals surface area contributed by atoms with E-state index in [2.05, 4.69) is 72.0 Å². The first-order valence-electron chi connectivity index (χ1n) is 8.85. The fourth-order valence-corrected chi connectivity index (χ4v) is 4.26. The van der Waals surface area contributed by atoms with E-state index in [1.165, 1.54) is 5.56 Å². The highest BCUT2D eigenvalue weighted by Crippen LogP contribution is 2.28. The third-order valence-electron chi connectivity index (χ3n) is 4.51. The Labute approximate surface area is 172 Å². The zero-order valence-electron chi connectivity index (χ0n) is 14.7. The van der Waals surface area contributed by atoms with Crippen LogP contribution in [0.2, 0.25) is 0 Å². The zero-order chi connectivity index (χ0) is 18.4. The molecule has 0 aliphatic carbocycles. The molecule has 1 fully saturated rings. The fourth-order valence-electron chi connectivity index (χ4n) is 3.10. The predicted molar refractivity (Wildman–Crippen MR) is 112 cm³/mol. The summed E-state index contributed by atoms with van der Waals surface area (Å²) in [6, 6.07) is 16.3. The van der Waals surface area contributed by atoms with E-state index < -0.39 is 6.10 Å². The van der Waals surface area contributed by atoms with E-state index in [-0.39, 0.29) is 0 Å². The Morgan fingerprint density at radius 1 is 0.962 bits per heavy atom. The average Bonchev–Trinajstić information content (AvgIpc) is 2.63. The molecule has 2 aromatic carbocycles. The molecule has 0 aromatic heterocycles. The van der Waals surface area contributed by atoms with Gasteiger partial charge in [-0.05, 0) is 39.7 Å². The van der Waals surface area contributed by atoms with Gasteiger partial charge in [-0.3, -0.25) is 9.80 Å². The van der Waals surface area contributed by atoms with Crippen molar-refractivity contribution in [2.75, 3.05) is 39.3 Å². The van der Waals surface area contributed by atoms with Crippen LogP contribution in [0.15, 0.2) is 57.5 Å². The number of benzene rings is 2. The summed E-state index contributed by atoms with van der Waals surface area (Å²) in [5.74, 6) is 0.750. The fraction of sp³-hybridized carbons (Fsp3) is 0.400. The maximum Gasteiger partial charge on any atom is 0.133 e. The summed E-state index contributed by atoms with van der Waals surface area (Å²) in [5.41, 5.74) is 1.36. The van der Waals surface area contributed by atoms with Gasteiger partial charge >= 0.3 is 0 Å². The summed E-state index contributed by atoms with van der Waals surface area (Å²) in [4.78, 5) is 4.78. The van der Waals surface area contributed by atoms with E-state index in [4.69, 9.17) is 4.74 Å². The molecule has 0 amide bonds. The molecule has 1 heterocycles. The van der Waals surface area contributed by atoms with Crippen molar-refractivity contribution in [3.63, 3.8) is 0 Å². The molecular formula is C20H24Br2N2O2. The molecule has 26 heavy (non-hydrogen) atoms. The van der Waals surface area contributed by atoms with E-state index in [9.17, 15) is 5.11 Å². The quantitative estimate of drug-likeness (QED) is 0.650. The van der Waals surface area contributed by atoms with Crippen LogP contribution < -0.4 is 4.74 Å². The van der Waals surface area contributed by atoms with E-state index in [0.717, 1.165) is 47.4 Å². The second kappa shape index (κ2) is 9.85. The molecule has 1 atom stereocenters. The number of nitrogens with zero attached hydrogens (tertiary/aromatic N) is 2. The smallest absolute Gasteiger partial charge is 0.133 e. The number of piperazine rings is 1. The van der Waals surface area contributed by atoms with Crippen LogP contribution in [-0.4, -0.2) is 60.3 Å². The van der Waals surface area contributed by atoms with E-state index in [0.29, 0.717) is 13.2 Å². The number of ether oxygens (including phenoxy) is 1. The molecule has 6 heteroatoms. The van der Waals surface area contributed by atoms with Crippen LogP contribution in [0.4, 0.5) is 0 Å². The predicted octanol–water partition coefficient (Wildman–Crippen LogP) is 3.77. The molecule has 140 valence electrons. The van der Waals surface area contributed by atoms with Crippen LogP contribution in [0.25, 0.3) is 0 Å². The Kier molecular flexibility index (Phi) is 7.52. The maximum atomic E-state index is 10.3. The van der Waals surface area contributed by atoms with Crippen LogP contribution in [0, 0.1) is 0 Å². The maximum absolute atomic E-state index is 10.3. The summed E-state index contributed by atoms with van der Waals surface area (Å²) in [6.07, 6.45) is -0.494. The van der Waals surface area contributed by atoms with Gasteiger partial charge in [0.1, 0.15) is 18.5 Å². The normalized spacial score (nSPS) is 17.2. The van der Waals surface area contributed by atoms with Gasteiger partial charge in [-0.1, -0.05) is 46.3 Å². The molecule has 3 rings (SSSR count). The molecule has 1 N–H and O–H groups in total. The van der Waals surface area contributed by atoms with Crippen molar-refractivity contribution in [3.05, 3.63) is 63.0 Å². The highest BCUT2D eigenvalue weighted by atomic mass is 79.9. The first kappa shape index (κ1) is 19.8. The van der Waals surface area contributed by atoms with Crippen molar-refractivity contribution in [3.8, 4) is 5.75 Å². The van der Waals surface area contributed by atoms with Crippen LogP contribution >= 0.6 is 31.9 Å². The van der Waals surface area contributed by atoms with E-state index >= 15 is 0 Å². The van der Waals surface area contributed by atoms with Gasteiger partial charge in [-0.15, -0.1) is 0 Å². The van der Waals surface area contributed by atoms with Crippen molar-refractivity contribution in [2.24, 2.45) is 0 Å². The molecule has 0 saturated carbocycles. The Morgan fingerprint density at radius 2 is 1.65 bits per heavy atom. The largest absolute Gasteiger partial charge is 0.490 e. The Balaban J connectivity index is 1.38. The molecular weight excluding hydrogens is 460 g/mol. The number of hydrogen-bond acceptors (Lipinski definition) is 4. The third kappa shape index (κ3) is 6.06. The van der Waals surface area contributed by atoms with Gasteiger partial charge in [-0.25, -0.2) is 0 Å². The van der Waals surface area contributed by atoms with Gasteiger partial charge in [0, 0.05) is 43.7 Å². The minimum atomic E-state index is -0.494. The number of halogens is 2. The second-order valence-electron chi connectivity index (χ2n) is 6.60. The highest BCUT2D eigenvalue weighted by Gasteiger charge is 2.19. The minimum Gasteiger partial charge on any atom is -0.490 e. The molecule has 4 nitrogen and oxygen atoms in total. The first-order valence-corrected chi connectivity index (χ1v) is 10.4. The van der Waals surface area contributed by atoms with Crippen molar-refractivity contribution >= 4 is 31.9 Å². The molecule has 2 aromatic rings. The number of aliphatic hydroxyl groups excluding tert-OH is 1. The summed E-state index contributed by atoms with van der Waals surface area (Å²) in [6.45, 7) is 5.95. The minimum absolute atomic E-state index is 0.296. The van der Waals surface area contributed by atoms with Gasteiger partial charge in [0.25, 0.3) is 0 Å². The molecule has 0 bridgehead atoms. The number of hydrogen-bond donors (Lipinski definition) is 1. The van der Waals surface area contributed by atoms with Crippen molar-refractivity contribution in [1.29, 1.82) is 0 Å². The average molecular weight is 484 g/mol. The lowest BCUT2D eigenvalue weighted by Gasteiger charge is -2.35. The second-order valence-corrected chi connectivity index (χ2v) is 8.37. The summed E-state index contributed by atoms with van der Waals surface area (Å²) in [5, 5.41) is 10.3. The lowest BCUT2D eigenvalue weighted by Crippen LogP contribution is -2.48. The molecule has 1 saturated heterocycles. The van der Waals surface area contributed by atoms with Crippen LogP contribution in [0.1, 0.15) is 5.56 Å². The molecule has 0 spiro atoms. The topological polar surface area (TPSA) is 35.9 Å². The van der Waals surface area contributed by atoms with Crippen LogP contribution in [-0.2, 0) is 6.54 Å². The highest BCUT2D eigenvalue weighted by molar-refractivity contribution is 9.11. The van der Waals surface area contributed by atoms with E-state index in [1.54, 1.807) is 0 Å². The van der Waals surface area contributed by atoms with Gasteiger partial charge in [-0.2, -0.15) is 0 Å². The number of aliphatic hydroxyl groups is 1. The first-order chi connectivity index (χ1) is 12.6. The Hall–Kier alpha value is -0.920. The van der Waals surface area contributed by atoms with Crippen LogP contribution in [0.3, 0.4) is 0 Å². The molecule has 1 aliphatic rings. The standard InChI is InChI=1S/C20H24Br2N2O2/c21-17-6-7-20(19(22)12-17)26-15-18(25)14-24-10-8-23(9-11-24)13-16-4-2-1-3-5-16/h1-7,12,18,25H,8-11,13-15H2/t18-/m0/s1. The summed E-state index contributed by atoms with van der Waals surface area (Å²) >= 11 is 6.90. The molecule has 1 aliphatic heterocycles. The lowest BCUT2D eigenvalue weighted by atomic mass is 10.2. The monoisotopic (exact) mass is 482 g/mol. The van der Waals surface area contributed by atoms with Gasteiger partial charge < -0.3 is 9.84 Å². The van der Waals surface area contributed by atoms with E-state index in [1.807, 2.05) is 18.2 Å². The summed E-state index contributed by atoms with van der Waals surface area (Å²) in [7, 11) is 0. The summed E-state index contributed by atoms with van der Waals surface area (Å²) < 4.78 is 7.61.